The number of ether oxygens (including phenoxy) is 1. The molecule has 0 atom stereocenters. The summed E-state index contributed by atoms with van der Waals surface area (Å²) in [5.74, 6) is 0.415. The maximum absolute atomic E-state index is 11.6. The number of methoxy groups -OCH3 is 1. The first-order valence-electron chi connectivity index (χ1n) is 5.88. The predicted molar refractivity (Wildman–Crippen MR) is 75.8 cm³/mol. The summed E-state index contributed by atoms with van der Waals surface area (Å²) in [6, 6.07) is 5.85. The van der Waals surface area contributed by atoms with Crippen molar-refractivity contribution in [1.29, 1.82) is 0 Å². The number of hydrogen-bond acceptors (Lipinski definition) is 4. The van der Waals surface area contributed by atoms with E-state index < -0.39 is 0 Å². The topological polar surface area (TPSA) is 64.3 Å². The smallest absolute Gasteiger partial charge is 0.230 e. The number of para-hydroxylation sites is 1. The van der Waals surface area contributed by atoms with Crippen molar-refractivity contribution in [3.05, 3.63) is 23.8 Å². The van der Waals surface area contributed by atoms with Crippen LogP contribution in [0.3, 0.4) is 0 Å². The van der Waals surface area contributed by atoms with E-state index in [4.69, 9.17) is 10.5 Å². The molecule has 0 aliphatic rings. The van der Waals surface area contributed by atoms with Crippen molar-refractivity contribution < 1.29 is 9.53 Å². The molecule has 1 aromatic rings. The first-order valence-corrected chi connectivity index (χ1v) is 6.87. The zero-order valence-electron chi connectivity index (χ0n) is 10.9. The van der Waals surface area contributed by atoms with Gasteiger partial charge in [-0.2, -0.15) is 0 Å². The van der Waals surface area contributed by atoms with Crippen LogP contribution >= 0.6 is 11.8 Å². The summed E-state index contributed by atoms with van der Waals surface area (Å²) in [5.41, 5.74) is 7.74. The molecule has 5 heteroatoms. The fourth-order valence-electron chi connectivity index (χ4n) is 1.42. The molecule has 0 aliphatic heterocycles. The molecule has 1 amide bonds. The summed E-state index contributed by atoms with van der Waals surface area (Å²) in [7, 11) is 1.65. The molecule has 0 aromatic heterocycles. The lowest BCUT2D eigenvalue weighted by molar-refractivity contribution is -0.118. The number of nitrogen functional groups attached to an aromatic ring is 1. The van der Waals surface area contributed by atoms with Crippen molar-refractivity contribution in [2.45, 2.75) is 18.2 Å². The third kappa shape index (κ3) is 4.98. The molecule has 0 spiro atoms. The number of carbonyl (C=O) groups is 1. The van der Waals surface area contributed by atoms with Gasteiger partial charge < -0.3 is 15.8 Å². The van der Waals surface area contributed by atoms with Crippen LogP contribution < -0.4 is 11.1 Å². The maximum atomic E-state index is 11.6. The Morgan fingerprint density at radius 2 is 2.28 bits per heavy atom. The molecule has 0 saturated heterocycles. The molecule has 1 rings (SSSR count). The first kappa shape index (κ1) is 14.9. The molecule has 4 nitrogen and oxygen atoms in total. The fourth-order valence-corrected chi connectivity index (χ4v) is 2.30. The number of amides is 1. The molecule has 100 valence electrons. The van der Waals surface area contributed by atoms with Gasteiger partial charge in [-0.1, -0.05) is 12.1 Å². The SMILES string of the molecule is COCCCNC(=O)CSc1cccc(C)c1N. The van der Waals surface area contributed by atoms with Gasteiger partial charge in [0, 0.05) is 30.8 Å². The summed E-state index contributed by atoms with van der Waals surface area (Å²) >= 11 is 1.46. The van der Waals surface area contributed by atoms with E-state index in [1.807, 2.05) is 25.1 Å². The van der Waals surface area contributed by atoms with E-state index in [1.54, 1.807) is 7.11 Å². The average molecular weight is 268 g/mol. The van der Waals surface area contributed by atoms with E-state index in [2.05, 4.69) is 5.32 Å². The fraction of sp³-hybridized carbons (Fsp3) is 0.462. The minimum atomic E-state index is 0.0250. The van der Waals surface area contributed by atoms with Gasteiger partial charge >= 0.3 is 0 Å². The Morgan fingerprint density at radius 1 is 1.50 bits per heavy atom. The second-order valence-corrected chi connectivity index (χ2v) is 4.99. The monoisotopic (exact) mass is 268 g/mol. The lowest BCUT2D eigenvalue weighted by Gasteiger charge is -2.08. The molecule has 0 heterocycles. The highest BCUT2D eigenvalue weighted by atomic mass is 32.2. The molecular formula is C13H20N2O2S. The summed E-state index contributed by atoms with van der Waals surface area (Å²) in [6.07, 6.45) is 0.833. The van der Waals surface area contributed by atoms with E-state index in [1.165, 1.54) is 11.8 Å². The highest BCUT2D eigenvalue weighted by molar-refractivity contribution is 8.00. The van der Waals surface area contributed by atoms with Gasteiger partial charge in [-0.05, 0) is 25.0 Å². The third-order valence-electron chi connectivity index (χ3n) is 2.49. The largest absolute Gasteiger partial charge is 0.398 e. The summed E-state index contributed by atoms with van der Waals surface area (Å²) < 4.78 is 4.91. The van der Waals surface area contributed by atoms with E-state index in [0.29, 0.717) is 18.9 Å². The van der Waals surface area contributed by atoms with Crippen LogP contribution in [-0.2, 0) is 9.53 Å². The Labute approximate surface area is 112 Å². The van der Waals surface area contributed by atoms with Crippen LogP contribution in [0.1, 0.15) is 12.0 Å². The zero-order valence-corrected chi connectivity index (χ0v) is 11.7. The van der Waals surface area contributed by atoms with Crippen LogP contribution in [0, 0.1) is 6.92 Å². The highest BCUT2D eigenvalue weighted by Gasteiger charge is 2.06. The second kappa shape index (κ2) is 8.00. The minimum Gasteiger partial charge on any atom is -0.398 e. The van der Waals surface area contributed by atoms with Gasteiger partial charge in [0.2, 0.25) is 5.91 Å². The number of rotatable bonds is 7. The zero-order chi connectivity index (χ0) is 13.4. The van der Waals surface area contributed by atoms with Crippen LogP contribution in [0.4, 0.5) is 5.69 Å². The molecule has 0 saturated carbocycles. The normalized spacial score (nSPS) is 10.3. The van der Waals surface area contributed by atoms with Crippen LogP contribution in [-0.4, -0.2) is 31.9 Å². The van der Waals surface area contributed by atoms with Crippen LogP contribution in [0.15, 0.2) is 23.1 Å². The van der Waals surface area contributed by atoms with Crippen LogP contribution in [0.5, 0.6) is 0 Å². The lowest BCUT2D eigenvalue weighted by Crippen LogP contribution is -2.26. The molecule has 1 aromatic carbocycles. The van der Waals surface area contributed by atoms with E-state index >= 15 is 0 Å². The van der Waals surface area contributed by atoms with Crippen molar-refractivity contribution in [2.24, 2.45) is 0 Å². The number of thioether (sulfide) groups is 1. The molecule has 0 unspecified atom stereocenters. The molecule has 0 radical (unpaired) electrons. The van der Waals surface area contributed by atoms with Crippen molar-refractivity contribution in [1.82, 2.24) is 5.32 Å². The highest BCUT2D eigenvalue weighted by Crippen LogP contribution is 2.26. The summed E-state index contributed by atoms with van der Waals surface area (Å²) in [4.78, 5) is 12.5. The number of carbonyl (C=O) groups excluding carboxylic acids is 1. The summed E-state index contributed by atoms with van der Waals surface area (Å²) in [6.45, 7) is 3.28. The van der Waals surface area contributed by atoms with Gasteiger partial charge in [0.15, 0.2) is 0 Å². The second-order valence-electron chi connectivity index (χ2n) is 3.97. The minimum absolute atomic E-state index is 0.0250. The maximum Gasteiger partial charge on any atom is 0.230 e. The molecule has 0 bridgehead atoms. The number of nitrogens with one attached hydrogen (secondary N) is 1. The Hall–Kier alpha value is -1.20. The molecule has 18 heavy (non-hydrogen) atoms. The first-order chi connectivity index (χ1) is 8.65. The van der Waals surface area contributed by atoms with Crippen molar-refractivity contribution in [3.63, 3.8) is 0 Å². The number of anilines is 1. The standard InChI is InChI=1S/C13H20N2O2S/c1-10-5-3-6-11(13(10)14)18-9-12(16)15-7-4-8-17-2/h3,5-6H,4,7-9,14H2,1-2H3,(H,15,16). The van der Waals surface area contributed by atoms with Crippen LogP contribution in [0.2, 0.25) is 0 Å². The Balaban J connectivity index is 2.32. The quantitative estimate of drug-likeness (QED) is 0.450. The van der Waals surface area contributed by atoms with Crippen molar-refractivity contribution in [3.8, 4) is 0 Å². The number of nitrogens with two attached hydrogens (primary N) is 1. The van der Waals surface area contributed by atoms with Gasteiger partial charge in [0.25, 0.3) is 0 Å². The lowest BCUT2D eigenvalue weighted by atomic mass is 10.2. The van der Waals surface area contributed by atoms with Crippen molar-refractivity contribution >= 4 is 23.4 Å². The Morgan fingerprint density at radius 3 is 3.00 bits per heavy atom. The van der Waals surface area contributed by atoms with Gasteiger partial charge in [-0.15, -0.1) is 11.8 Å². The Bertz CT molecular complexity index is 397. The number of benzene rings is 1. The van der Waals surface area contributed by atoms with E-state index in [9.17, 15) is 4.79 Å². The van der Waals surface area contributed by atoms with Gasteiger partial charge in [0.1, 0.15) is 0 Å². The molecule has 0 fully saturated rings. The van der Waals surface area contributed by atoms with E-state index in [-0.39, 0.29) is 5.91 Å². The van der Waals surface area contributed by atoms with Gasteiger partial charge in [-0.25, -0.2) is 0 Å². The number of aryl methyl sites for hydroxylation is 1. The van der Waals surface area contributed by atoms with E-state index in [0.717, 1.165) is 22.6 Å². The van der Waals surface area contributed by atoms with Crippen molar-refractivity contribution in [2.75, 3.05) is 31.7 Å². The predicted octanol–water partition coefficient (Wildman–Crippen LogP) is 1.82. The van der Waals surface area contributed by atoms with Gasteiger partial charge in [-0.3, -0.25) is 4.79 Å². The third-order valence-corrected chi connectivity index (χ3v) is 3.56. The van der Waals surface area contributed by atoms with Crippen LogP contribution in [0.25, 0.3) is 0 Å². The molecule has 3 N–H and O–H groups in total. The molecule has 0 aliphatic carbocycles. The van der Waals surface area contributed by atoms with Gasteiger partial charge in [0.05, 0.1) is 5.75 Å². The number of hydrogen-bond donors (Lipinski definition) is 2. The average Bonchev–Trinajstić information content (AvgIpc) is 2.36. The Kier molecular flexibility index (Phi) is 6.60. The summed E-state index contributed by atoms with van der Waals surface area (Å²) in [5, 5.41) is 2.84. The molecular weight excluding hydrogens is 248 g/mol.